The second-order valence-electron chi connectivity index (χ2n) is 7.14. The minimum atomic E-state index is -0.913. The van der Waals surface area contributed by atoms with Crippen molar-refractivity contribution in [3.63, 3.8) is 0 Å². The summed E-state index contributed by atoms with van der Waals surface area (Å²) in [6.07, 6.45) is 2.44. The number of carbonyl (C=O) groups excluding carboxylic acids is 1. The second kappa shape index (κ2) is 7.86. The van der Waals surface area contributed by atoms with E-state index >= 15 is 0 Å². The molecule has 1 aliphatic heterocycles. The Hall–Kier alpha value is -3.49. The summed E-state index contributed by atoms with van der Waals surface area (Å²) in [4.78, 5) is 37.2. The zero-order valence-corrected chi connectivity index (χ0v) is 16.0. The Morgan fingerprint density at radius 1 is 1.28 bits per heavy atom. The van der Waals surface area contributed by atoms with Gasteiger partial charge in [0.15, 0.2) is 0 Å². The molecule has 2 aromatic heterocycles. The van der Waals surface area contributed by atoms with Crippen LogP contribution in [-0.4, -0.2) is 42.0 Å². The average Bonchev–Trinajstić information content (AvgIpc) is 3.36. The summed E-state index contributed by atoms with van der Waals surface area (Å²) in [5.41, 5.74) is 3.70. The van der Waals surface area contributed by atoms with Crippen LogP contribution in [0.15, 0.2) is 35.1 Å². The molecule has 2 N–H and O–H groups in total. The highest BCUT2D eigenvalue weighted by molar-refractivity contribution is 5.77. The van der Waals surface area contributed by atoms with Crippen molar-refractivity contribution in [1.82, 2.24) is 25.0 Å². The van der Waals surface area contributed by atoms with Crippen LogP contribution in [0.3, 0.4) is 0 Å². The smallest absolute Gasteiger partial charge is 0.303 e. The van der Waals surface area contributed by atoms with Crippen molar-refractivity contribution < 1.29 is 19.2 Å². The number of carboxylic acid groups (broad SMARTS) is 1. The first-order valence-electron chi connectivity index (χ1n) is 9.44. The monoisotopic (exact) mass is 395 g/mol. The highest BCUT2D eigenvalue weighted by Gasteiger charge is 2.35. The molecule has 1 aromatic carbocycles. The second-order valence-corrected chi connectivity index (χ2v) is 7.14. The van der Waals surface area contributed by atoms with E-state index in [4.69, 9.17) is 9.63 Å². The molecule has 29 heavy (non-hydrogen) atoms. The number of rotatable bonds is 6. The number of aliphatic carboxylic acids is 1. The Kier molecular flexibility index (Phi) is 5.11. The lowest BCUT2D eigenvalue weighted by Gasteiger charge is -2.32. The van der Waals surface area contributed by atoms with Gasteiger partial charge >= 0.3 is 5.97 Å². The first-order chi connectivity index (χ1) is 14.0. The zero-order chi connectivity index (χ0) is 20.4. The van der Waals surface area contributed by atoms with E-state index in [9.17, 15) is 9.59 Å². The Bertz CT molecular complexity index is 1020. The molecule has 0 spiro atoms. The molecular formula is C20H21N5O4. The fourth-order valence-corrected chi connectivity index (χ4v) is 3.44. The number of nitrogens with zero attached hydrogens (tertiary/aromatic N) is 4. The molecule has 3 heterocycles. The van der Waals surface area contributed by atoms with E-state index in [1.807, 2.05) is 31.2 Å². The van der Waals surface area contributed by atoms with Crippen LogP contribution in [0, 0.1) is 6.92 Å². The third-order valence-corrected chi connectivity index (χ3v) is 5.04. The maximum atomic E-state index is 12.8. The van der Waals surface area contributed by atoms with Gasteiger partial charge in [-0.2, -0.15) is 4.98 Å². The Balaban J connectivity index is 1.58. The number of imidazole rings is 1. The molecule has 9 heteroatoms. The molecule has 0 fully saturated rings. The molecule has 0 bridgehead atoms. The molecule has 0 unspecified atom stereocenters. The lowest BCUT2D eigenvalue weighted by molar-refractivity contribution is -0.138. The van der Waals surface area contributed by atoms with E-state index in [0.29, 0.717) is 24.7 Å². The van der Waals surface area contributed by atoms with Gasteiger partial charge in [0.05, 0.1) is 24.3 Å². The van der Waals surface area contributed by atoms with E-state index < -0.39 is 12.0 Å². The number of carboxylic acids is 1. The van der Waals surface area contributed by atoms with Crippen LogP contribution in [0.2, 0.25) is 0 Å². The topological polar surface area (TPSA) is 125 Å². The zero-order valence-electron chi connectivity index (χ0n) is 16.0. The Labute approximate surface area is 166 Å². The molecule has 9 nitrogen and oxygen atoms in total. The molecule has 0 aliphatic carbocycles. The average molecular weight is 395 g/mol. The van der Waals surface area contributed by atoms with Crippen LogP contribution >= 0.6 is 0 Å². The number of amides is 1. The molecular weight excluding hydrogens is 374 g/mol. The van der Waals surface area contributed by atoms with Crippen LogP contribution in [0.25, 0.3) is 11.4 Å². The number of aromatic amines is 1. The molecule has 1 amide bonds. The van der Waals surface area contributed by atoms with Crippen LogP contribution in [0.5, 0.6) is 0 Å². The van der Waals surface area contributed by atoms with Gasteiger partial charge in [-0.1, -0.05) is 35.0 Å². The summed E-state index contributed by atoms with van der Waals surface area (Å²) < 4.78 is 5.52. The predicted molar refractivity (Wildman–Crippen MR) is 102 cm³/mol. The van der Waals surface area contributed by atoms with E-state index in [0.717, 1.165) is 22.5 Å². The van der Waals surface area contributed by atoms with Gasteiger partial charge in [0.25, 0.3) is 0 Å². The van der Waals surface area contributed by atoms with Gasteiger partial charge in [-0.15, -0.1) is 0 Å². The Morgan fingerprint density at radius 3 is 2.83 bits per heavy atom. The summed E-state index contributed by atoms with van der Waals surface area (Å²) in [6.45, 7) is 2.34. The third-order valence-electron chi connectivity index (χ3n) is 5.04. The van der Waals surface area contributed by atoms with Gasteiger partial charge in [0, 0.05) is 24.8 Å². The van der Waals surface area contributed by atoms with Crippen LogP contribution in [-0.2, 0) is 22.6 Å². The standard InChI is InChI=1S/C20H21N5O4/c1-12-5-7-13(8-6-12)19-23-20(29-24-19)16-9-14-15(22-11-21-14)10-25(16)17(26)3-2-4-18(27)28/h5-8,11,16H,2-4,9-10H2,1H3,(H,21,22)(H,27,28)/t16-/m0/s1. The van der Waals surface area contributed by atoms with Gasteiger partial charge in [0.2, 0.25) is 17.6 Å². The van der Waals surface area contributed by atoms with Crippen molar-refractivity contribution >= 4 is 11.9 Å². The van der Waals surface area contributed by atoms with Crippen molar-refractivity contribution in [2.75, 3.05) is 0 Å². The quantitative estimate of drug-likeness (QED) is 0.657. The van der Waals surface area contributed by atoms with Gasteiger partial charge < -0.3 is 19.5 Å². The van der Waals surface area contributed by atoms with Crippen LogP contribution < -0.4 is 0 Å². The van der Waals surface area contributed by atoms with E-state index in [2.05, 4.69) is 20.1 Å². The SMILES string of the molecule is Cc1ccc(-c2noc([C@@H]3Cc4nc[nH]c4CN3C(=O)CCCC(=O)O)n2)cc1. The minimum Gasteiger partial charge on any atom is -0.481 e. The number of benzene rings is 1. The van der Waals surface area contributed by atoms with Crippen molar-refractivity contribution in [2.24, 2.45) is 0 Å². The van der Waals surface area contributed by atoms with Crippen LogP contribution in [0.1, 0.15) is 48.1 Å². The molecule has 1 atom stereocenters. The third kappa shape index (κ3) is 4.03. The number of nitrogens with one attached hydrogen (secondary N) is 1. The molecule has 1 aliphatic rings. The largest absolute Gasteiger partial charge is 0.481 e. The summed E-state index contributed by atoms with van der Waals surface area (Å²) >= 11 is 0. The molecule has 4 rings (SSSR count). The fourth-order valence-electron chi connectivity index (χ4n) is 3.44. The van der Waals surface area contributed by atoms with Crippen LogP contribution in [0.4, 0.5) is 0 Å². The highest BCUT2D eigenvalue weighted by atomic mass is 16.5. The summed E-state index contributed by atoms with van der Waals surface area (Å²) in [7, 11) is 0. The summed E-state index contributed by atoms with van der Waals surface area (Å²) in [6, 6.07) is 7.35. The van der Waals surface area contributed by atoms with Gasteiger partial charge in [-0.3, -0.25) is 9.59 Å². The predicted octanol–water partition coefficient (Wildman–Crippen LogP) is 2.65. The number of carbonyl (C=O) groups is 2. The van der Waals surface area contributed by atoms with Gasteiger partial charge in [-0.25, -0.2) is 4.98 Å². The van der Waals surface area contributed by atoms with E-state index in [1.54, 1.807) is 11.2 Å². The number of aromatic nitrogens is 4. The lowest BCUT2D eigenvalue weighted by Crippen LogP contribution is -2.39. The maximum absolute atomic E-state index is 12.8. The van der Waals surface area contributed by atoms with E-state index in [-0.39, 0.29) is 25.2 Å². The van der Waals surface area contributed by atoms with Gasteiger partial charge in [0.1, 0.15) is 6.04 Å². The highest BCUT2D eigenvalue weighted by Crippen LogP contribution is 2.32. The van der Waals surface area contributed by atoms with Crippen molar-refractivity contribution in [3.05, 3.63) is 53.4 Å². The number of aryl methyl sites for hydroxylation is 1. The minimum absolute atomic E-state index is 0.0440. The molecule has 0 radical (unpaired) electrons. The van der Waals surface area contributed by atoms with Crippen molar-refractivity contribution in [2.45, 2.75) is 45.2 Å². The molecule has 0 saturated carbocycles. The summed E-state index contributed by atoms with van der Waals surface area (Å²) in [5.74, 6) is -0.248. The number of hydrogen-bond donors (Lipinski definition) is 2. The first-order valence-corrected chi connectivity index (χ1v) is 9.44. The Morgan fingerprint density at radius 2 is 2.07 bits per heavy atom. The van der Waals surface area contributed by atoms with Gasteiger partial charge in [-0.05, 0) is 13.3 Å². The molecule has 150 valence electrons. The normalized spacial score (nSPS) is 15.9. The number of hydrogen-bond acceptors (Lipinski definition) is 6. The molecule has 0 saturated heterocycles. The lowest BCUT2D eigenvalue weighted by atomic mass is 10.0. The molecule has 3 aromatic rings. The first kappa shape index (κ1) is 18.9. The summed E-state index contributed by atoms with van der Waals surface area (Å²) in [5, 5.41) is 12.9. The van der Waals surface area contributed by atoms with Crippen molar-refractivity contribution in [1.29, 1.82) is 0 Å². The fraction of sp³-hybridized carbons (Fsp3) is 0.350. The maximum Gasteiger partial charge on any atom is 0.303 e. The number of H-pyrrole nitrogens is 1. The van der Waals surface area contributed by atoms with E-state index in [1.165, 1.54) is 0 Å². The number of fused-ring (bicyclic) bond motifs is 1. The van der Waals surface area contributed by atoms with Crippen molar-refractivity contribution in [3.8, 4) is 11.4 Å².